The summed E-state index contributed by atoms with van der Waals surface area (Å²) in [4.78, 5) is 0. The first-order valence-electron chi connectivity index (χ1n) is 5.73. The lowest BCUT2D eigenvalue weighted by molar-refractivity contribution is 0.402. The van der Waals surface area contributed by atoms with Gasteiger partial charge in [-0.15, -0.1) is 0 Å². The fourth-order valence-electron chi connectivity index (χ4n) is 1.63. The first kappa shape index (κ1) is 15.9. The van der Waals surface area contributed by atoms with Gasteiger partial charge in [-0.2, -0.15) is 4.37 Å². The van der Waals surface area contributed by atoms with Gasteiger partial charge >= 0.3 is 0 Å². The third-order valence-electron chi connectivity index (χ3n) is 2.77. The third-order valence-corrected chi connectivity index (χ3v) is 5.97. The molecule has 2 rings (SSSR count). The van der Waals surface area contributed by atoms with Crippen LogP contribution in [0, 0.1) is 0 Å². The first-order chi connectivity index (χ1) is 9.90. The SMILES string of the molecule is COc1cc(S(=O)(=O)N(C)c2cc(Cl)ccc2OC)sn1. The average Bonchev–Trinajstić information content (AvgIpc) is 2.96. The van der Waals surface area contributed by atoms with Crippen molar-refractivity contribution in [1.82, 2.24) is 4.37 Å². The van der Waals surface area contributed by atoms with Gasteiger partial charge < -0.3 is 9.47 Å². The molecule has 1 heterocycles. The Morgan fingerprint density at radius 2 is 1.95 bits per heavy atom. The Balaban J connectivity index is 2.47. The van der Waals surface area contributed by atoms with Gasteiger partial charge in [0.1, 0.15) is 5.75 Å². The van der Waals surface area contributed by atoms with Gasteiger partial charge in [-0.1, -0.05) is 11.6 Å². The highest BCUT2D eigenvalue weighted by Gasteiger charge is 2.26. The molecule has 1 aromatic carbocycles. The van der Waals surface area contributed by atoms with Gasteiger partial charge in [0.15, 0.2) is 4.21 Å². The molecule has 0 N–H and O–H groups in total. The van der Waals surface area contributed by atoms with Gasteiger partial charge in [-0.3, -0.25) is 4.31 Å². The molecule has 0 amide bonds. The summed E-state index contributed by atoms with van der Waals surface area (Å²) in [6.45, 7) is 0. The Morgan fingerprint density at radius 1 is 1.24 bits per heavy atom. The number of sulfonamides is 1. The molecule has 6 nitrogen and oxygen atoms in total. The molecule has 0 aliphatic rings. The second kappa shape index (κ2) is 6.08. The molecule has 0 unspecified atom stereocenters. The van der Waals surface area contributed by atoms with Crippen LogP contribution in [-0.2, 0) is 10.0 Å². The average molecular weight is 349 g/mol. The van der Waals surface area contributed by atoms with Crippen LogP contribution in [0.3, 0.4) is 0 Å². The number of hydrogen-bond donors (Lipinski definition) is 0. The van der Waals surface area contributed by atoms with E-state index in [1.54, 1.807) is 12.1 Å². The van der Waals surface area contributed by atoms with E-state index in [2.05, 4.69) is 4.37 Å². The van der Waals surface area contributed by atoms with Crippen molar-refractivity contribution in [3.63, 3.8) is 0 Å². The first-order valence-corrected chi connectivity index (χ1v) is 8.32. The molecule has 1 aromatic heterocycles. The summed E-state index contributed by atoms with van der Waals surface area (Å²) < 4.78 is 40.3. The Morgan fingerprint density at radius 3 is 2.52 bits per heavy atom. The zero-order valence-electron chi connectivity index (χ0n) is 11.5. The highest BCUT2D eigenvalue weighted by atomic mass is 35.5. The summed E-state index contributed by atoms with van der Waals surface area (Å²) in [6.07, 6.45) is 0. The predicted octanol–water partition coefficient (Wildman–Crippen LogP) is 2.64. The smallest absolute Gasteiger partial charge is 0.275 e. The second-order valence-corrected chi connectivity index (χ2v) is 7.41. The summed E-state index contributed by atoms with van der Waals surface area (Å²) in [5, 5.41) is 0.412. The van der Waals surface area contributed by atoms with E-state index in [1.165, 1.54) is 33.4 Å². The lowest BCUT2D eigenvalue weighted by Crippen LogP contribution is -2.26. The zero-order valence-corrected chi connectivity index (χ0v) is 13.9. The molecule has 0 aliphatic carbocycles. The van der Waals surface area contributed by atoms with Crippen molar-refractivity contribution < 1.29 is 17.9 Å². The van der Waals surface area contributed by atoms with E-state index in [9.17, 15) is 8.42 Å². The molecule has 21 heavy (non-hydrogen) atoms. The number of hydrogen-bond acceptors (Lipinski definition) is 6. The van der Waals surface area contributed by atoms with E-state index in [4.69, 9.17) is 21.1 Å². The number of halogens is 1. The fraction of sp³-hybridized carbons (Fsp3) is 0.250. The van der Waals surface area contributed by atoms with Gasteiger partial charge in [-0.25, -0.2) is 8.42 Å². The van der Waals surface area contributed by atoms with E-state index in [0.717, 1.165) is 15.8 Å². The number of methoxy groups -OCH3 is 2. The van der Waals surface area contributed by atoms with Crippen LogP contribution in [0.5, 0.6) is 11.6 Å². The van der Waals surface area contributed by atoms with E-state index in [-0.39, 0.29) is 10.1 Å². The van der Waals surface area contributed by atoms with Crippen molar-refractivity contribution in [2.24, 2.45) is 0 Å². The second-order valence-electron chi connectivity index (χ2n) is 3.98. The van der Waals surface area contributed by atoms with Gasteiger partial charge in [0, 0.05) is 18.1 Å². The van der Waals surface area contributed by atoms with Crippen LogP contribution in [0.15, 0.2) is 28.5 Å². The molecule has 0 spiro atoms. The lowest BCUT2D eigenvalue weighted by Gasteiger charge is -2.20. The van der Waals surface area contributed by atoms with Crippen LogP contribution in [0.1, 0.15) is 0 Å². The summed E-state index contributed by atoms with van der Waals surface area (Å²) in [6, 6.07) is 6.13. The van der Waals surface area contributed by atoms with Crippen LogP contribution in [0.4, 0.5) is 5.69 Å². The third kappa shape index (κ3) is 3.07. The van der Waals surface area contributed by atoms with Crippen LogP contribution >= 0.6 is 23.1 Å². The monoisotopic (exact) mass is 348 g/mol. The topological polar surface area (TPSA) is 68.7 Å². The van der Waals surface area contributed by atoms with Crippen molar-refractivity contribution in [3.05, 3.63) is 29.3 Å². The van der Waals surface area contributed by atoms with Crippen LogP contribution in [-0.4, -0.2) is 34.1 Å². The molecule has 0 fully saturated rings. The van der Waals surface area contributed by atoms with Crippen molar-refractivity contribution in [3.8, 4) is 11.6 Å². The molecule has 0 saturated carbocycles. The Hall–Kier alpha value is -1.51. The highest BCUT2D eigenvalue weighted by Crippen LogP contribution is 2.35. The Kier molecular flexibility index (Phi) is 4.60. The summed E-state index contributed by atoms with van der Waals surface area (Å²) in [5.41, 5.74) is 0.345. The highest BCUT2D eigenvalue weighted by molar-refractivity contribution is 7.94. The fourth-order valence-corrected chi connectivity index (χ4v) is 4.01. The number of ether oxygens (including phenoxy) is 2. The van der Waals surface area contributed by atoms with Gasteiger partial charge in [-0.05, 0) is 29.7 Å². The molecule has 0 bridgehead atoms. The van der Waals surface area contributed by atoms with E-state index in [1.807, 2.05) is 0 Å². The molecule has 114 valence electrons. The summed E-state index contributed by atoms with van der Waals surface area (Å²) in [5.74, 6) is 0.659. The number of aromatic nitrogens is 1. The van der Waals surface area contributed by atoms with Crippen molar-refractivity contribution in [2.45, 2.75) is 4.21 Å². The molecule has 0 aliphatic heterocycles. The number of benzene rings is 1. The number of nitrogens with zero attached hydrogens (tertiary/aromatic N) is 2. The van der Waals surface area contributed by atoms with Crippen molar-refractivity contribution >= 4 is 38.8 Å². The molecular formula is C12H13ClN2O4S2. The normalized spacial score (nSPS) is 11.2. The maximum atomic E-state index is 12.6. The zero-order chi connectivity index (χ0) is 15.6. The summed E-state index contributed by atoms with van der Waals surface area (Å²) >= 11 is 6.78. The minimum atomic E-state index is -3.76. The Bertz CT molecular complexity index is 745. The van der Waals surface area contributed by atoms with Gasteiger partial charge in [0.05, 0.1) is 19.9 Å². The quantitative estimate of drug-likeness (QED) is 0.830. The maximum Gasteiger partial charge on any atom is 0.275 e. The molecular weight excluding hydrogens is 336 g/mol. The molecule has 0 saturated heterocycles. The largest absolute Gasteiger partial charge is 0.495 e. The summed E-state index contributed by atoms with van der Waals surface area (Å²) in [7, 11) is 0.553. The number of anilines is 1. The van der Waals surface area contributed by atoms with E-state index >= 15 is 0 Å². The number of rotatable bonds is 5. The van der Waals surface area contributed by atoms with Gasteiger partial charge in [0.2, 0.25) is 5.88 Å². The van der Waals surface area contributed by atoms with E-state index < -0.39 is 10.0 Å². The standard InChI is InChI=1S/C12H13ClN2O4S2/c1-15(9-6-8(13)4-5-10(9)18-2)21(16,17)12-7-11(19-3)14-20-12/h4-7H,1-3H3. The van der Waals surface area contributed by atoms with Crippen molar-refractivity contribution in [2.75, 3.05) is 25.6 Å². The van der Waals surface area contributed by atoms with Crippen LogP contribution < -0.4 is 13.8 Å². The molecule has 2 aromatic rings. The van der Waals surface area contributed by atoms with Gasteiger partial charge in [0.25, 0.3) is 10.0 Å². The molecule has 0 atom stereocenters. The van der Waals surface area contributed by atoms with Crippen LogP contribution in [0.2, 0.25) is 5.02 Å². The lowest BCUT2D eigenvalue weighted by atomic mass is 10.3. The maximum absolute atomic E-state index is 12.6. The van der Waals surface area contributed by atoms with Crippen molar-refractivity contribution in [1.29, 1.82) is 0 Å². The minimum Gasteiger partial charge on any atom is -0.495 e. The predicted molar refractivity (Wildman–Crippen MR) is 82.3 cm³/mol. The molecule has 0 radical (unpaired) electrons. The minimum absolute atomic E-state index is 0.0730. The van der Waals surface area contributed by atoms with Crippen LogP contribution in [0.25, 0.3) is 0 Å². The van der Waals surface area contributed by atoms with E-state index in [0.29, 0.717) is 16.5 Å². The molecule has 9 heteroatoms. The Labute approximate surface area is 132 Å².